The van der Waals surface area contributed by atoms with Crippen LogP contribution < -0.4 is 5.32 Å². The van der Waals surface area contributed by atoms with Gasteiger partial charge in [-0.15, -0.1) is 0 Å². The Morgan fingerprint density at radius 1 is 1.25 bits per heavy atom. The molecule has 110 valence electrons. The number of nitrogens with one attached hydrogen (secondary N) is 1. The Bertz CT molecular complexity index is 482. The molecule has 1 heterocycles. The quantitative estimate of drug-likeness (QED) is 0.877. The van der Waals surface area contributed by atoms with Crippen molar-refractivity contribution in [2.75, 3.05) is 0 Å². The lowest BCUT2D eigenvalue weighted by molar-refractivity contribution is -0.144. The Kier molecular flexibility index (Phi) is 4.42. The number of aryl methyl sites for hydroxylation is 2. The van der Waals surface area contributed by atoms with Gasteiger partial charge in [0.1, 0.15) is 5.76 Å². The van der Waals surface area contributed by atoms with E-state index in [9.17, 15) is 9.59 Å². The molecule has 1 saturated carbocycles. The fourth-order valence-electron chi connectivity index (χ4n) is 2.68. The fraction of sp³-hybridized carbons (Fsp3) is 0.643. The number of nitrogens with zero attached hydrogens (tertiary/aromatic N) is 1. The SMILES string of the molecule is Cc1noc(C)c1CNC(=O)C1CCC(C(=O)O)CC1. The van der Waals surface area contributed by atoms with Crippen molar-refractivity contribution in [1.29, 1.82) is 0 Å². The van der Waals surface area contributed by atoms with Crippen LogP contribution in [0.3, 0.4) is 0 Å². The standard InChI is InChI=1S/C14H20N2O4/c1-8-12(9(2)20-16-8)7-15-13(17)10-3-5-11(6-4-10)14(18)19/h10-11H,3-7H2,1-2H3,(H,15,17)(H,18,19). The van der Waals surface area contributed by atoms with Crippen molar-refractivity contribution in [2.24, 2.45) is 11.8 Å². The van der Waals surface area contributed by atoms with Gasteiger partial charge in [0.15, 0.2) is 0 Å². The molecule has 0 saturated heterocycles. The third-order valence-corrected chi connectivity index (χ3v) is 4.07. The average molecular weight is 280 g/mol. The van der Waals surface area contributed by atoms with E-state index in [0.29, 0.717) is 32.2 Å². The highest BCUT2D eigenvalue weighted by atomic mass is 16.5. The molecular formula is C14H20N2O4. The van der Waals surface area contributed by atoms with Gasteiger partial charge in [-0.2, -0.15) is 0 Å². The van der Waals surface area contributed by atoms with Crippen molar-refractivity contribution in [3.05, 3.63) is 17.0 Å². The van der Waals surface area contributed by atoms with Crippen LogP contribution in [0.5, 0.6) is 0 Å². The molecular weight excluding hydrogens is 260 g/mol. The maximum absolute atomic E-state index is 12.1. The lowest BCUT2D eigenvalue weighted by Crippen LogP contribution is -2.34. The predicted octanol–water partition coefficient (Wildman–Crippen LogP) is 1.80. The number of carbonyl (C=O) groups is 2. The van der Waals surface area contributed by atoms with E-state index in [1.165, 1.54) is 0 Å². The van der Waals surface area contributed by atoms with Gasteiger partial charge in [-0.1, -0.05) is 5.16 Å². The summed E-state index contributed by atoms with van der Waals surface area (Å²) in [6, 6.07) is 0. The Labute approximate surface area is 117 Å². The summed E-state index contributed by atoms with van der Waals surface area (Å²) >= 11 is 0. The summed E-state index contributed by atoms with van der Waals surface area (Å²) in [4.78, 5) is 23.0. The van der Waals surface area contributed by atoms with E-state index in [1.54, 1.807) is 0 Å². The molecule has 1 aromatic rings. The molecule has 0 radical (unpaired) electrons. The molecule has 0 bridgehead atoms. The number of aliphatic carboxylic acids is 1. The first-order valence-corrected chi connectivity index (χ1v) is 6.91. The normalized spacial score (nSPS) is 22.5. The van der Waals surface area contributed by atoms with Gasteiger partial charge >= 0.3 is 5.97 Å². The van der Waals surface area contributed by atoms with Crippen molar-refractivity contribution < 1.29 is 19.2 Å². The van der Waals surface area contributed by atoms with Crippen LogP contribution in [-0.4, -0.2) is 22.1 Å². The number of rotatable bonds is 4. The van der Waals surface area contributed by atoms with Gasteiger partial charge in [0, 0.05) is 18.0 Å². The van der Waals surface area contributed by atoms with E-state index in [4.69, 9.17) is 9.63 Å². The van der Waals surface area contributed by atoms with Crippen molar-refractivity contribution in [3.8, 4) is 0 Å². The molecule has 0 aromatic carbocycles. The molecule has 0 unspecified atom stereocenters. The molecule has 1 fully saturated rings. The summed E-state index contributed by atoms with van der Waals surface area (Å²) in [5, 5.41) is 15.7. The number of amides is 1. The lowest BCUT2D eigenvalue weighted by atomic mass is 9.81. The van der Waals surface area contributed by atoms with E-state index < -0.39 is 5.97 Å². The van der Waals surface area contributed by atoms with Crippen LogP contribution in [0.2, 0.25) is 0 Å². The summed E-state index contributed by atoms with van der Waals surface area (Å²) < 4.78 is 5.05. The monoisotopic (exact) mass is 280 g/mol. The van der Waals surface area contributed by atoms with Crippen LogP contribution in [0.1, 0.15) is 42.7 Å². The smallest absolute Gasteiger partial charge is 0.306 e. The maximum atomic E-state index is 12.1. The molecule has 1 aliphatic carbocycles. The second-order valence-corrected chi connectivity index (χ2v) is 5.41. The number of carboxylic acid groups (broad SMARTS) is 1. The Morgan fingerprint density at radius 3 is 2.35 bits per heavy atom. The molecule has 6 heteroatoms. The minimum absolute atomic E-state index is 0.00570. The predicted molar refractivity (Wildman–Crippen MR) is 70.9 cm³/mol. The molecule has 20 heavy (non-hydrogen) atoms. The fourth-order valence-corrected chi connectivity index (χ4v) is 2.68. The minimum Gasteiger partial charge on any atom is -0.481 e. The largest absolute Gasteiger partial charge is 0.481 e. The van der Waals surface area contributed by atoms with Crippen molar-refractivity contribution in [3.63, 3.8) is 0 Å². The third-order valence-electron chi connectivity index (χ3n) is 4.07. The zero-order valence-corrected chi connectivity index (χ0v) is 11.8. The van der Waals surface area contributed by atoms with E-state index in [0.717, 1.165) is 17.0 Å². The molecule has 2 rings (SSSR count). The van der Waals surface area contributed by atoms with Crippen LogP contribution in [0.4, 0.5) is 0 Å². The van der Waals surface area contributed by atoms with Gasteiger partial charge in [-0.3, -0.25) is 9.59 Å². The van der Waals surface area contributed by atoms with E-state index in [2.05, 4.69) is 10.5 Å². The highest BCUT2D eigenvalue weighted by Gasteiger charge is 2.29. The Hall–Kier alpha value is -1.85. The van der Waals surface area contributed by atoms with Gasteiger partial charge in [0.2, 0.25) is 5.91 Å². The number of hydrogen-bond donors (Lipinski definition) is 2. The summed E-state index contributed by atoms with van der Waals surface area (Å²) in [6.07, 6.45) is 2.45. The Balaban J connectivity index is 1.83. The van der Waals surface area contributed by atoms with Crippen LogP contribution in [0.25, 0.3) is 0 Å². The zero-order valence-electron chi connectivity index (χ0n) is 11.8. The zero-order chi connectivity index (χ0) is 14.7. The van der Waals surface area contributed by atoms with Gasteiger partial charge in [-0.05, 0) is 39.5 Å². The average Bonchev–Trinajstić information content (AvgIpc) is 2.75. The molecule has 1 aliphatic rings. The van der Waals surface area contributed by atoms with E-state index in [-0.39, 0.29) is 17.7 Å². The first-order valence-electron chi connectivity index (χ1n) is 6.91. The van der Waals surface area contributed by atoms with Gasteiger partial charge in [0.05, 0.1) is 11.6 Å². The van der Waals surface area contributed by atoms with Gasteiger partial charge < -0.3 is 14.9 Å². The van der Waals surface area contributed by atoms with Crippen LogP contribution in [0, 0.1) is 25.7 Å². The second kappa shape index (κ2) is 6.07. The van der Waals surface area contributed by atoms with Crippen molar-refractivity contribution >= 4 is 11.9 Å². The second-order valence-electron chi connectivity index (χ2n) is 5.41. The summed E-state index contributed by atoms with van der Waals surface area (Å²) in [6.45, 7) is 4.08. The number of carboxylic acids is 1. The van der Waals surface area contributed by atoms with Crippen LogP contribution in [-0.2, 0) is 16.1 Å². The van der Waals surface area contributed by atoms with Gasteiger partial charge in [-0.25, -0.2) is 0 Å². The molecule has 2 N–H and O–H groups in total. The molecule has 1 aromatic heterocycles. The maximum Gasteiger partial charge on any atom is 0.306 e. The van der Waals surface area contributed by atoms with Crippen LogP contribution in [0.15, 0.2) is 4.52 Å². The molecule has 6 nitrogen and oxygen atoms in total. The molecule has 0 spiro atoms. The molecule has 1 amide bonds. The van der Waals surface area contributed by atoms with Crippen LogP contribution >= 0.6 is 0 Å². The lowest BCUT2D eigenvalue weighted by Gasteiger charge is -2.25. The third kappa shape index (κ3) is 3.18. The number of carbonyl (C=O) groups excluding carboxylic acids is 1. The minimum atomic E-state index is -0.750. The number of aromatic nitrogens is 1. The molecule has 0 atom stereocenters. The summed E-state index contributed by atoms with van der Waals surface area (Å²) in [5.74, 6) is -0.404. The number of hydrogen-bond acceptors (Lipinski definition) is 4. The summed E-state index contributed by atoms with van der Waals surface area (Å²) in [5.41, 5.74) is 1.70. The van der Waals surface area contributed by atoms with Gasteiger partial charge in [0.25, 0.3) is 0 Å². The van der Waals surface area contributed by atoms with E-state index in [1.807, 2.05) is 13.8 Å². The molecule has 0 aliphatic heterocycles. The topological polar surface area (TPSA) is 92.4 Å². The Morgan fingerprint density at radius 2 is 1.85 bits per heavy atom. The van der Waals surface area contributed by atoms with Crippen molar-refractivity contribution in [2.45, 2.75) is 46.1 Å². The highest BCUT2D eigenvalue weighted by Crippen LogP contribution is 2.29. The first-order chi connectivity index (χ1) is 9.49. The van der Waals surface area contributed by atoms with Crippen molar-refractivity contribution in [1.82, 2.24) is 10.5 Å². The highest BCUT2D eigenvalue weighted by molar-refractivity contribution is 5.79. The summed E-state index contributed by atoms with van der Waals surface area (Å²) in [7, 11) is 0. The van der Waals surface area contributed by atoms with E-state index >= 15 is 0 Å². The first kappa shape index (κ1) is 14.6.